The van der Waals surface area contributed by atoms with Crippen LogP contribution >= 0.6 is 0 Å². The SMILES string of the molecule is O=C(CN1CCN(Cc2ccc3c(c2)CCO3)CC1)N1CCCC1c1ccc2c(c1)OCCO2.O=C(O)C(=O)O. The summed E-state index contributed by atoms with van der Waals surface area (Å²) in [5.74, 6) is -0.759. The Kier molecular flexibility index (Phi) is 8.71. The van der Waals surface area contributed by atoms with Gasteiger partial charge in [0.2, 0.25) is 5.91 Å². The molecule has 0 spiro atoms. The fraction of sp³-hybridized carbons (Fsp3) is 0.483. The number of nitrogens with zero attached hydrogens (tertiary/aromatic N) is 3. The molecule has 2 aromatic carbocycles. The van der Waals surface area contributed by atoms with E-state index in [1.165, 1.54) is 11.1 Å². The second kappa shape index (κ2) is 12.6. The Morgan fingerprint density at radius 2 is 1.45 bits per heavy atom. The summed E-state index contributed by atoms with van der Waals surface area (Å²) in [5.41, 5.74) is 3.84. The van der Waals surface area contributed by atoms with Crippen molar-refractivity contribution in [3.8, 4) is 17.2 Å². The Morgan fingerprint density at radius 1 is 0.775 bits per heavy atom. The minimum Gasteiger partial charge on any atom is -0.493 e. The lowest BCUT2D eigenvalue weighted by Gasteiger charge is -2.36. The van der Waals surface area contributed by atoms with Gasteiger partial charge in [0.1, 0.15) is 19.0 Å². The predicted molar refractivity (Wildman–Crippen MR) is 144 cm³/mol. The van der Waals surface area contributed by atoms with Crippen molar-refractivity contribution in [3.63, 3.8) is 0 Å². The standard InChI is InChI=1S/C27H33N3O4.C2H2O4/c31-27(30-8-1-2-23(30)21-4-6-25-26(17-21)34-15-14-33-25)19-29-11-9-28(10-12-29)18-20-3-5-24-22(16-20)7-13-32-24;3-1(4)2(5)6/h3-6,16-17,23H,1-2,7-15,18-19H2;(H,3,4)(H,5,6). The monoisotopic (exact) mass is 553 g/mol. The van der Waals surface area contributed by atoms with Gasteiger partial charge in [-0.25, -0.2) is 9.59 Å². The Hall–Kier alpha value is -3.83. The molecule has 0 aliphatic carbocycles. The quantitative estimate of drug-likeness (QED) is 0.531. The van der Waals surface area contributed by atoms with Crippen LogP contribution in [0.15, 0.2) is 36.4 Å². The maximum atomic E-state index is 13.3. The van der Waals surface area contributed by atoms with Crippen LogP contribution in [0, 0.1) is 0 Å². The molecule has 11 nitrogen and oxygen atoms in total. The molecule has 0 radical (unpaired) electrons. The number of amides is 1. The molecule has 2 saturated heterocycles. The fourth-order valence-electron chi connectivity index (χ4n) is 5.66. The summed E-state index contributed by atoms with van der Waals surface area (Å²) in [6.07, 6.45) is 3.07. The first-order valence-corrected chi connectivity index (χ1v) is 13.7. The van der Waals surface area contributed by atoms with Crippen LogP contribution in [0.5, 0.6) is 17.2 Å². The zero-order valence-electron chi connectivity index (χ0n) is 22.4. The molecular weight excluding hydrogens is 518 g/mol. The van der Waals surface area contributed by atoms with Crippen molar-refractivity contribution in [2.75, 3.05) is 59.1 Å². The van der Waals surface area contributed by atoms with Crippen LogP contribution in [0.2, 0.25) is 0 Å². The largest absolute Gasteiger partial charge is 0.493 e. The zero-order chi connectivity index (χ0) is 28.1. The minimum atomic E-state index is -1.82. The number of rotatable bonds is 5. The van der Waals surface area contributed by atoms with Gasteiger partial charge in [-0.3, -0.25) is 14.6 Å². The minimum absolute atomic E-state index is 0.133. The molecule has 11 heteroatoms. The number of carbonyl (C=O) groups excluding carboxylic acids is 1. The molecule has 0 bridgehead atoms. The van der Waals surface area contributed by atoms with Crippen LogP contribution in [0.1, 0.15) is 35.6 Å². The van der Waals surface area contributed by atoms with Gasteiger partial charge in [0, 0.05) is 45.7 Å². The Balaban J connectivity index is 0.000000487. The number of ether oxygens (including phenoxy) is 3. The zero-order valence-corrected chi connectivity index (χ0v) is 22.4. The van der Waals surface area contributed by atoms with Gasteiger partial charge in [0.25, 0.3) is 0 Å². The first-order chi connectivity index (χ1) is 19.4. The summed E-state index contributed by atoms with van der Waals surface area (Å²) in [7, 11) is 0. The second-order valence-electron chi connectivity index (χ2n) is 10.4. The van der Waals surface area contributed by atoms with Crippen LogP contribution in [0.3, 0.4) is 0 Å². The number of carbonyl (C=O) groups is 3. The molecule has 4 heterocycles. The highest BCUT2D eigenvalue weighted by Crippen LogP contribution is 2.38. The molecule has 0 aromatic heterocycles. The van der Waals surface area contributed by atoms with Crippen molar-refractivity contribution in [2.24, 2.45) is 0 Å². The summed E-state index contributed by atoms with van der Waals surface area (Å²) in [6, 6.07) is 12.9. The maximum absolute atomic E-state index is 13.3. The first-order valence-electron chi connectivity index (χ1n) is 13.7. The molecule has 1 amide bonds. The van der Waals surface area contributed by atoms with Gasteiger partial charge in [-0.2, -0.15) is 0 Å². The van der Waals surface area contributed by atoms with E-state index in [0.29, 0.717) is 19.8 Å². The number of piperazine rings is 1. The van der Waals surface area contributed by atoms with E-state index >= 15 is 0 Å². The molecule has 4 aliphatic rings. The average molecular weight is 554 g/mol. The number of fused-ring (bicyclic) bond motifs is 2. The van der Waals surface area contributed by atoms with Gasteiger partial charge >= 0.3 is 11.9 Å². The van der Waals surface area contributed by atoms with Gasteiger partial charge in [0.05, 0.1) is 19.2 Å². The van der Waals surface area contributed by atoms with Gasteiger partial charge in [-0.15, -0.1) is 0 Å². The number of aliphatic carboxylic acids is 2. The van der Waals surface area contributed by atoms with Crippen molar-refractivity contribution in [1.29, 1.82) is 0 Å². The molecule has 1 atom stereocenters. The van der Waals surface area contributed by atoms with E-state index in [1.807, 2.05) is 6.07 Å². The lowest BCUT2D eigenvalue weighted by molar-refractivity contribution is -0.159. The molecule has 2 fully saturated rings. The van der Waals surface area contributed by atoms with E-state index in [9.17, 15) is 4.79 Å². The molecule has 2 aromatic rings. The van der Waals surface area contributed by atoms with Crippen LogP contribution in [0.4, 0.5) is 0 Å². The summed E-state index contributed by atoms with van der Waals surface area (Å²) in [5, 5.41) is 14.8. The molecule has 4 aliphatic heterocycles. The summed E-state index contributed by atoms with van der Waals surface area (Å²) >= 11 is 0. The number of hydrogen-bond acceptors (Lipinski definition) is 8. The summed E-state index contributed by atoms with van der Waals surface area (Å²) < 4.78 is 17.1. The van der Waals surface area contributed by atoms with Gasteiger partial charge < -0.3 is 29.3 Å². The van der Waals surface area contributed by atoms with Crippen molar-refractivity contribution in [2.45, 2.75) is 31.8 Å². The molecular formula is C29H35N3O8. The van der Waals surface area contributed by atoms with Crippen LogP contribution < -0.4 is 14.2 Å². The Morgan fingerprint density at radius 3 is 2.20 bits per heavy atom. The van der Waals surface area contributed by atoms with Crippen molar-refractivity contribution < 1.29 is 38.8 Å². The molecule has 214 valence electrons. The van der Waals surface area contributed by atoms with Gasteiger partial charge in [0.15, 0.2) is 11.5 Å². The highest BCUT2D eigenvalue weighted by Gasteiger charge is 2.32. The third-order valence-electron chi connectivity index (χ3n) is 7.69. The predicted octanol–water partition coefficient (Wildman–Crippen LogP) is 2.03. The third-order valence-corrected chi connectivity index (χ3v) is 7.69. The average Bonchev–Trinajstić information content (AvgIpc) is 3.64. The van der Waals surface area contributed by atoms with Gasteiger partial charge in [-0.1, -0.05) is 18.2 Å². The fourth-order valence-corrected chi connectivity index (χ4v) is 5.66. The molecule has 6 rings (SSSR count). The Bertz CT molecular complexity index is 1230. The molecule has 1 unspecified atom stereocenters. The lowest BCUT2D eigenvalue weighted by Crippen LogP contribution is -2.49. The Labute approximate surface area is 232 Å². The highest BCUT2D eigenvalue weighted by molar-refractivity contribution is 6.27. The van der Waals surface area contributed by atoms with Crippen LogP contribution in [-0.2, 0) is 27.3 Å². The highest BCUT2D eigenvalue weighted by atomic mass is 16.6. The van der Waals surface area contributed by atoms with Crippen molar-refractivity contribution in [3.05, 3.63) is 53.1 Å². The summed E-state index contributed by atoms with van der Waals surface area (Å²) in [6.45, 7) is 8.13. The lowest BCUT2D eigenvalue weighted by atomic mass is 10.0. The number of carboxylic acid groups (broad SMARTS) is 2. The number of benzene rings is 2. The number of likely N-dealkylation sites (tertiary alicyclic amines) is 1. The van der Waals surface area contributed by atoms with E-state index in [4.69, 9.17) is 34.0 Å². The smallest absolute Gasteiger partial charge is 0.414 e. The molecule has 40 heavy (non-hydrogen) atoms. The van der Waals surface area contributed by atoms with E-state index < -0.39 is 11.9 Å². The van der Waals surface area contributed by atoms with E-state index in [-0.39, 0.29) is 11.9 Å². The van der Waals surface area contributed by atoms with Crippen LogP contribution in [-0.4, -0.2) is 102 Å². The van der Waals surface area contributed by atoms with E-state index in [1.54, 1.807) is 0 Å². The molecule has 2 N–H and O–H groups in total. The van der Waals surface area contributed by atoms with Gasteiger partial charge in [-0.05, 0) is 47.7 Å². The number of hydrogen-bond donors (Lipinski definition) is 2. The van der Waals surface area contributed by atoms with E-state index in [0.717, 1.165) is 87.9 Å². The van der Waals surface area contributed by atoms with Crippen LogP contribution in [0.25, 0.3) is 0 Å². The maximum Gasteiger partial charge on any atom is 0.414 e. The molecule has 0 saturated carbocycles. The third kappa shape index (κ3) is 6.65. The first kappa shape index (κ1) is 27.7. The number of carboxylic acids is 2. The van der Waals surface area contributed by atoms with Crippen molar-refractivity contribution in [1.82, 2.24) is 14.7 Å². The van der Waals surface area contributed by atoms with E-state index in [2.05, 4.69) is 45.0 Å². The summed E-state index contributed by atoms with van der Waals surface area (Å²) in [4.78, 5) is 38.3. The topological polar surface area (TPSA) is 129 Å². The second-order valence-corrected chi connectivity index (χ2v) is 10.4. The normalized spacial score (nSPS) is 20.2. The van der Waals surface area contributed by atoms with Crippen molar-refractivity contribution >= 4 is 17.8 Å².